The number of halogens is 3. The van der Waals surface area contributed by atoms with Crippen molar-refractivity contribution in [3.05, 3.63) is 59.2 Å². The highest BCUT2D eigenvalue weighted by Crippen LogP contribution is 2.45. The lowest BCUT2D eigenvalue weighted by atomic mass is 10.1. The monoisotopic (exact) mass is 366 g/mol. The quantitative estimate of drug-likeness (QED) is 0.247. The molecule has 1 unspecified atom stereocenters. The summed E-state index contributed by atoms with van der Waals surface area (Å²) in [4.78, 5) is 10.3. The van der Waals surface area contributed by atoms with Crippen LogP contribution < -0.4 is 4.31 Å². The van der Waals surface area contributed by atoms with E-state index in [0.717, 1.165) is 0 Å². The van der Waals surface area contributed by atoms with Gasteiger partial charge in [-0.3, -0.25) is 10.1 Å². The van der Waals surface area contributed by atoms with Crippen molar-refractivity contribution >= 4 is 59.0 Å². The van der Waals surface area contributed by atoms with Gasteiger partial charge in [0, 0.05) is 17.7 Å². The molecular weight excluding hydrogens is 355 g/mol. The van der Waals surface area contributed by atoms with Crippen LogP contribution in [0.4, 0.5) is 11.4 Å². The van der Waals surface area contributed by atoms with Gasteiger partial charge in [-0.2, -0.15) is 0 Å². The Hall–Kier alpha value is -0.880. The van der Waals surface area contributed by atoms with E-state index in [4.69, 9.17) is 34.8 Å². The van der Waals surface area contributed by atoms with Crippen LogP contribution >= 0.6 is 47.6 Å². The van der Waals surface area contributed by atoms with E-state index in [1.807, 2.05) is 0 Å². The fraction of sp³-hybridized carbons (Fsp3) is 0.231. The van der Waals surface area contributed by atoms with E-state index in [9.17, 15) is 10.1 Å². The summed E-state index contributed by atoms with van der Waals surface area (Å²) in [5, 5.41) is 10.9. The van der Waals surface area contributed by atoms with Gasteiger partial charge in [0.2, 0.25) is 3.79 Å². The Morgan fingerprint density at radius 3 is 2.48 bits per heavy atom. The molecule has 1 aromatic carbocycles. The molecule has 0 spiro atoms. The molecule has 8 heteroatoms. The van der Waals surface area contributed by atoms with E-state index < -0.39 is 8.72 Å². The summed E-state index contributed by atoms with van der Waals surface area (Å²) in [5.74, 6) is 0. The molecule has 0 saturated carbocycles. The molecule has 0 aliphatic carbocycles. The number of rotatable bonds is 6. The van der Waals surface area contributed by atoms with Crippen LogP contribution in [-0.4, -0.2) is 11.0 Å². The average molecular weight is 368 g/mol. The first-order chi connectivity index (χ1) is 9.72. The van der Waals surface area contributed by atoms with Crippen molar-refractivity contribution in [3.8, 4) is 0 Å². The predicted molar refractivity (Wildman–Crippen MR) is 92.6 cm³/mol. The predicted octanol–water partition coefficient (Wildman–Crippen LogP) is 5.20. The maximum absolute atomic E-state index is 10.9. The summed E-state index contributed by atoms with van der Waals surface area (Å²) in [6.45, 7) is 7.38. The Bertz CT molecular complexity index is 561. The minimum atomic E-state index is -1.82. The molecule has 1 atom stereocenters. The Kier molecular flexibility index (Phi) is 6.41. The highest BCUT2D eigenvalue weighted by molar-refractivity contribution is 7.81. The lowest BCUT2D eigenvalue weighted by Gasteiger charge is -2.29. The first-order valence-electron chi connectivity index (χ1n) is 5.79. The number of benzene rings is 1. The number of non-ortho nitro benzene ring substituents is 1. The van der Waals surface area contributed by atoms with Gasteiger partial charge in [-0.05, 0) is 12.5 Å². The number of alkyl halides is 3. The molecule has 0 aromatic heterocycles. The number of nitro groups is 1. The molecule has 0 amide bonds. The Balaban J connectivity index is 3.37. The Morgan fingerprint density at radius 1 is 1.43 bits per heavy atom. The number of hydrogen-bond acceptors (Lipinski definition) is 4. The van der Waals surface area contributed by atoms with Crippen LogP contribution in [0.25, 0.3) is 0 Å². The summed E-state index contributed by atoms with van der Waals surface area (Å²) >= 11 is 22.1. The van der Waals surface area contributed by atoms with Gasteiger partial charge in [0.25, 0.3) is 5.69 Å². The highest BCUT2D eigenvalue weighted by atomic mass is 35.6. The standard InChI is InChI=1S/C13H13Cl3N2O2S/c1-3-5-9(4-2)17(21)12-7-6-10(18(19)20)8-11(12)13(14,15)16/h3-4,6-9,21H,1-2,5H2. The minimum Gasteiger partial charge on any atom is -0.311 e. The third kappa shape index (κ3) is 4.54. The Labute approximate surface area is 143 Å². The average Bonchev–Trinajstić information content (AvgIpc) is 2.42. The number of hydrogen-bond donors (Lipinski definition) is 1. The first kappa shape index (κ1) is 18.2. The second kappa shape index (κ2) is 7.40. The molecule has 0 aliphatic rings. The molecule has 1 aromatic rings. The van der Waals surface area contributed by atoms with Gasteiger partial charge in [0.1, 0.15) is 0 Å². The maximum atomic E-state index is 10.9. The van der Waals surface area contributed by atoms with Gasteiger partial charge in [-0.15, -0.1) is 13.2 Å². The van der Waals surface area contributed by atoms with E-state index in [2.05, 4.69) is 26.0 Å². The topological polar surface area (TPSA) is 46.4 Å². The van der Waals surface area contributed by atoms with Crippen molar-refractivity contribution in [3.63, 3.8) is 0 Å². The van der Waals surface area contributed by atoms with Crippen LogP contribution in [0.3, 0.4) is 0 Å². The van der Waals surface area contributed by atoms with Crippen molar-refractivity contribution in [2.75, 3.05) is 4.31 Å². The van der Waals surface area contributed by atoms with E-state index in [0.29, 0.717) is 12.1 Å². The van der Waals surface area contributed by atoms with Crippen LogP contribution in [0, 0.1) is 10.1 Å². The summed E-state index contributed by atoms with van der Waals surface area (Å²) in [7, 11) is 0. The maximum Gasteiger partial charge on any atom is 0.270 e. The summed E-state index contributed by atoms with van der Waals surface area (Å²) in [5.41, 5.74) is 0.462. The molecule has 0 fully saturated rings. The summed E-state index contributed by atoms with van der Waals surface area (Å²) < 4.78 is -0.280. The molecule has 0 aliphatic heterocycles. The van der Waals surface area contributed by atoms with Crippen LogP contribution in [0.15, 0.2) is 43.5 Å². The van der Waals surface area contributed by atoms with Gasteiger partial charge in [0.05, 0.1) is 16.7 Å². The number of nitrogens with zero attached hydrogens (tertiary/aromatic N) is 2. The van der Waals surface area contributed by atoms with E-state index in [1.165, 1.54) is 22.5 Å². The molecule has 0 saturated heterocycles. The van der Waals surface area contributed by atoms with Gasteiger partial charge in [-0.1, -0.05) is 59.8 Å². The fourth-order valence-electron chi connectivity index (χ4n) is 1.71. The van der Waals surface area contributed by atoms with Crippen molar-refractivity contribution < 1.29 is 4.92 Å². The lowest BCUT2D eigenvalue weighted by Crippen LogP contribution is -2.26. The third-order valence-electron chi connectivity index (χ3n) is 2.74. The molecular formula is C13H13Cl3N2O2S. The molecule has 0 heterocycles. The van der Waals surface area contributed by atoms with Crippen LogP contribution in [0.2, 0.25) is 0 Å². The molecule has 0 bridgehead atoms. The van der Waals surface area contributed by atoms with Crippen LogP contribution in [-0.2, 0) is 3.79 Å². The zero-order valence-corrected chi connectivity index (χ0v) is 14.0. The van der Waals surface area contributed by atoms with Crippen LogP contribution in [0.5, 0.6) is 0 Å². The van der Waals surface area contributed by atoms with Crippen molar-refractivity contribution in [1.82, 2.24) is 0 Å². The highest BCUT2D eigenvalue weighted by Gasteiger charge is 2.31. The largest absolute Gasteiger partial charge is 0.311 e. The smallest absolute Gasteiger partial charge is 0.270 e. The first-order valence-corrected chi connectivity index (χ1v) is 7.33. The second-order valence-corrected chi connectivity index (χ2v) is 6.84. The zero-order chi connectivity index (χ0) is 16.2. The number of nitro benzene ring substituents is 1. The normalized spacial score (nSPS) is 12.6. The molecule has 114 valence electrons. The SMILES string of the molecule is C=CCC(C=C)N(S)c1ccc([N+](=O)[O-])cc1C(Cl)(Cl)Cl. The van der Waals surface area contributed by atoms with Gasteiger partial charge < -0.3 is 4.31 Å². The van der Waals surface area contributed by atoms with E-state index >= 15 is 0 Å². The Morgan fingerprint density at radius 2 is 2.05 bits per heavy atom. The van der Waals surface area contributed by atoms with Crippen LogP contribution in [0.1, 0.15) is 12.0 Å². The van der Waals surface area contributed by atoms with Gasteiger partial charge in [0.15, 0.2) is 0 Å². The second-order valence-electron chi connectivity index (χ2n) is 4.13. The fourth-order valence-corrected chi connectivity index (χ4v) is 2.53. The van der Waals surface area contributed by atoms with Gasteiger partial charge in [-0.25, -0.2) is 0 Å². The van der Waals surface area contributed by atoms with Crippen molar-refractivity contribution in [2.45, 2.75) is 16.3 Å². The van der Waals surface area contributed by atoms with Gasteiger partial charge >= 0.3 is 0 Å². The molecule has 21 heavy (non-hydrogen) atoms. The molecule has 1 rings (SSSR count). The lowest BCUT2D eigenvalue weighted by molar-refractivity contribution is -0.384. The summed E-state index contributed by atoms with van der Waals surface area (Å²) in [6, 6.07) is 3.84. The van der Waals surface area contributed by atoms with E-state index in [-0.39, 0.29) is 17.3 Å². The van der Waals surface area contributed by atoms with Crippen molar-refractivity contribution in [1.29, 1.82) is 0 Å². The minimum absolute atomic E-state index is 0.166. The molecule has 0 radical (unpaired) electrons. The number of anilines is 1. The third-order valence-corrected chi connectivity index (χ3v) is 3.86. The number of thiol groups is 1. The van der Waals surface area contributed by atoms with Crippen molar-refractivity contribution in [2.24, 2.45) is 0 Å². The molecule has 0 N–H and O–H groups in total. The van der Waals surface area contributed by atoms with E-state index in [1.54, 1.807) is 12.2 Å². The molecule has 4 nitrogen and oxygen atoms in total. The zero-order valence-electron chi connectivity index (χ0n) is 10.9. The summed E-state index contributed by atoms with van der Waals surface area (Å²) in [6.07, 6.45) is 3.94.